The van der Waals surface area contributed by atoms with Crippen LogP contribution in [0.15, 0.2) is 45.3 Å². The molecule has 0 saturated heterocycles. The van der Waals surface area contributed by atoms with Gasteiger partial charge in [-0.15, -0.1) is 0 Å². The van der Waals surface area contributed by atoms with Crippen molar-refractivity contribution < 1.29 is 0 Å². The van der Waals surface area contributed by atoms with Crippen molar-refractivity contribution in [3.8, 4) is 0 Å². The minimum Gasteiger partial charge on any atom is -0.313 e. The quantitative estimate of drug-likeness (QED) is 0.822. The van der Waals surface area contributed by atoms with Gasteiger partial charge in [-0.25, -0.2) is 4.98 Å². The molecule has 0 spiro atoms. The Bertz CT molecular complexity index is 610. The van der Waals surface area contributed by atoms with E-state index in [0.29, 0.717) is 5.16 Å². The van der Waals surface area contributed by atoms with E-state index in [9.17, 15) is 4.79 Å². The van der Waals surface area contributed by atoms with Crippen LogP contribution in [0.2, 0.25) is 0 Å². The van der Waals surface area contributed by atoms with E-state index in [4.69, 9.17) is 0 Å². The summed E-state index contributed by atoms with van der Waals surface area (Å²) in [7, 11) is 0. The van der Waals surface area contributed by atoms with E-state index in [-0.39, 0.29) is 5.56 Å². The molecule has 0 aliphatic carbocycles. The Kier molecular flexibility index (Phi) is 4.76. The molecule has 1 aromatic carbocycles. The zero-order valence-corrected chi connectivity index (χ0v) is 11.9. The van der Waals surface area contributed by atoms with E-state index in [2.05, 4.69) is 47.3 Å². The molecule has 2 aromatic rings. The van der Waals surface area contributed by atoms with Gasteiger partial charge in [0, 0.05) is 23.7 Å². The lowest BCUT2D eigenvalue weighted by Crippen LogP contribution is -2.12. The maximum atomic E-state index is 11.3. The van der Waals surface area contributed by atoms with E-state index in [1.54, 1.807) is 0 Å². The summed E-state index contributed by atoms with van der Waals surface area (Å²) in [5, 5.41) is 3.94. The fraction of sp³-hybridized carbons (Fsp3) is 0.286. The van der Waals surface area contributed by atoms with Gasteiger partial charge in [0.1, 0.15) is 0 Å². The van der Waals surface area contributed by atoms with Crippen LogP contribution in [0.25, 0.3) is 0 Å². The first-order chi connectivity index (χ1) is 9.19. The molecule has 0 aliphatic rings. The molecule has 0 amide bonds. The molecule has 4 nitrogen and oxygen atoms in total. The van der Waals surface area contributed by atoms with Crippen molar-refractivity contribution in [1.82, 2.24) is 15.3 Å². The molecule has 0 fully saturated rings. The van der Waals surface area contributed by atoms with Crippen molar-refractivity contribution in [3.05, 3.63) is 51.9 Å². The van der Waals surface area contributed by atoms with Crippen LogP contribution >= 0.6 is 11.8 Å². The van der Waals surface area contributed by atoms with Crippen LogP contribution in [0.4, 0.5) is 0 Å². The lowest BCUT2D eigenvalue weighted by molar-refractivity contribution is 0.717. The maximum Gasteiger partial charge on any atom is 0.251 e. The number of benzene rings is 1. The number of aryl methyl sites for hydroxylation is 1. The average molecular weight is 275 g/mol. The van der Waals surface area contributed by atoms with E-state index in [1.807, 2.05) is 0 Å². The molecular weight excluding hydrogens is 258 g/mol. The fourth-order valence-corrected chi connectivity index (χ4v) is 2.59. The second kappa shape index (κ2) is 6.54. The van der Waals surface area contributed by atoms with Gasteiger partial charge in [-0.1, -0.05) is 36.4 Å². The Balaban J connectivity index is 2.26. The highest BCUT2D eigenvalue weighted by atomic mass is 32.2. The molecule has 19 heavy (non-hydrogen) atoms. The third-order valence-electron chi connectivity index (χ3n) is 2.64. The monoisotopic (exact) mass is 275 g/mol. The minimum absolute atomic E-state index is 0.127. The molecule has 0 unspecified atom stereocenters. The van der Waals surface area contributed by atoms with Gasteiger partial charge in [-0.05, 0) is 25.1 Å². The summed E-state index contributed by atoms with van der Waals surface area (Å²) in [6.45, 7) is 5.90. The van der Waals surface area contributed by atoms with Crippen LogP contribution in [-0.2, 0) is 6.54 Å². The summed E-state index contributed by atoms with van der Waals surface area (Å²) < 4.78 is 0. The van der Waals surface area contributed by atoms with Crippen LogP contribution in [0.3, 0.4) is 0 Å². The van der Waals surface area contributed by atoms with Gasteiger partial charge in [0.15, 0.2) is 5.16 Å². The van der Waals surface area contributed by atoms with Crippen molar-refractivity contribution in [2.75, 3.05) is 6.54 Å². The number of aromatic nitrogens is 2. The first kappa shape index (κ1) is 13.8. The van der Waals surface area contributed by atoms with E-state index in [1.165, 1.54) is 35.2 Å². The zero-order chi connectivity index (χ0) is 13.7. The summed E-state index contributed by atoms with van der Waals surface area (Å²) in [4.78, 5) is 19.3. The first-order valence-corrected chi connectivity index (χ1v) is 7.04. The molecule has 0 saturated carbocycles. The molecule has 1 aromatic heterocycles. The van der Waals surface area contributed by atoms with Gasteiger partial charge in [0.05, 0.1) is 0 Å². The van der Waals surface area contributed by atoms with Crippen LogP contribution in [-0.4, -0.2) is 16.5 Å². The lowest BCUT2D eigenvalue weighted by atomic mass is 10.1. The summed E-state index contributed by atoms with van der Waals surface area (Å²) in [6, 6.07) is 7.71. The largest absolute Gasteiger partial charge is 0.313 e. The number of nitrogens with one attached hydrogen (secondary N) is 2. The Hall–Kier alpha value is -1.59. The molecule has 5 heteroatoms. The van der Waals surface area contributed by atoms with Gasteiger partial charge in [0.2, 0.25) is 0 Å². The molecular formula is C14H17N3OS. The van der Waals surface area contributed by atoms with E-state index in [0.717, 1.165) is 18.0 Å². The summed E-state index contributed by atoms with van der Waals surface area (Å²) in [5.74, 6) is 0. The van der Waals surface area contributed by atoms with Crippen molar-refractivity contribution in [2.24, 2.45) is 0 Å². The highest BCUT2D eigenvalue weighted by molar-refractivity contribution is 7.99. The number of nitrogens with zero attached hydrogens (tertiary/aromatic N) is 1. The average Bonchev–Trinajstić information content (AvgIpc) is 2.39. The predicted octanol–water partition coefficient (Wildman–Crippen LogP) is 2.34. The van der Waals surface area contributed by atoms with E-state index >= 15 is 0 Å². The second-order valence-electron chi connectivity index (χ2n) is 4.23. The zero-order valence-electron chi connectivity index (χ0n) is 11.1. The summed E-state index contributed by atoms with van der Waals surface area (Å²) in [6.07, 6.45) is 1.53. The third-order valence-corrected chi connectivity index (χ3v) is 3.65. The Morgan fingerprint density at radius 1 is 1.37 bits per heavy atom. The Morgan fingerprint density at radius 2 is 2.21 bits per heavy atom. The molecule has 0 atom stereocenters. The first-order valence-electron chi connectivity index (χ1n) is 6.22. The fourth-order valence-electron chi connectivity index (χ4n) is 1.71. The van der Waals surface area contributed by atoms with Gasteiger partial charge in [-0.2, -0.15) is 0 Å². The number of aromatic amines is 1. The van der Waals surface area contributed by atoms with Crippen LogP contribution in [0, 0.1) is 6.92 Å². The number of rotatable bonds is 5. The Labute approximate surface area is 116 Å². The molecule has 0 bridgehead atoms. The third kappa shape index (κ3) is 3.94. The highest BCUT2D eigenvalue weighted by Crippen LogP contribution is 2.28. The number of hydrogen-bond donors (Lipinski definition) is 2. The maximum absolute atomic E-state index is 11.3. The predicted molar refractivity (Wildman–Crippen MR) is 77.5 cm³/mol. The van der Waals surface area contributed by atoms with Crippen molar-refractivity contribution in [3.63, 3.8) is 0 Å². The van der Waals surface area contributed by atoms with Crippen molar-refractivity contribution in [2.45, 2.75) is 30.4 Å². The number of hydrogen-bond acceptors (Lipinski definition) is 4. The second-order valence-corrected chi connectivity index (χ2v) is 5.26. The highest BCUT2D eigenvalue weighted by Gasteiger charge is 2.06. The molecule has 1 heterocycles. The van der Waals surface area contributed by atoms with Gasteiger partial charge < -0.3 is 10.3 Å². The Morgan fingerprint density at radius 3 is 2.95 bits per heavy atom. The standard InChI is InChI=1S/C14H17N3OS/c1-3-15-9-11-8-10(2)4-5-12(11)19-14-16-7-6-13(18)17-14/h4-8,15H,3,9H2,1-2H3,(H,16,17,18). The number of H-pyrrole nitrogens is 1. The molecule has 100 valence electrons. The van der Waals surface area contributed by atoms with Gasteiger partial charge in [0.25, 0.3) is 5.56 Å². The summed E-state index contributed by atoms with van der Waals surface area (Å²) >= 11 is 1.48. The van der Waals surface area contributed by atoms with Gasteiger partial charge in [-0.3, -0.25) is 4.79 Å². The van der Waals surface area contributed by atoms with Crippen molar-refractivity contribution in [1.29, 1.82) is 0 Å². The normalized spacial score (nSPS) is 10.6. The molecule has 0 radical (unpaired) electrons. The minimum atomic E-state index is -0.127. The van der Waals surface area contributed by atoms with E-state index < -0.39 is 0 Å². The SMILES string of the molecule is CCNCc1cc(C)ccc1Sc1nccc(=O)[nH]1. The van der Waals surface area contributed by atoms with Crippen LogP contribution < -0.4 is 10.9 Å². The lowest BCUT2D eigenvalue weighted by Gasteiger charge is -2.10. The smallest absolute Gasteiger partial charge is 0.251 e. The van der Waals surface area contributed by atoms with Crippen LogP contribution in [0.5, 0.6) is 0 Å². The molecule has 2 rings (SSSR count). The molecule has 0 aliphatic heterocycles. The summed E-state index contributed by atoms with van der Waals surface area (Å²) in [5.41, 5.74) is 2.32. The van der Waals surface area contributed by atoms with Gasteiger partial charge >= 0.3 is 0 Å². The topological polar surface area (TPSA) is 57.8 Å². The van der Waals surface area contributed by atoms with Crippen molar-refractivity contribution >= 4 is 11.8 Å². The van der Waals surface area contributed by atoms with Crippen LogP contribution in [0.1, 0.15) is 18.1 Å². The molecule has 2 N–H and O–H groups in total.